The molecule has 31 heavy (non-hydrogen) atoms. The van der Waals surface area contributed by atoms with Gasteiger partial charge < -0.3 is 15.7 Å². The van der Waals surface area contributed by atoms with Gasteiger partial charge in [-0.15, -0.1) is 0 Å². The van der Waals surface area contributed by atoms with Crippen molar-refractivity contribution in [2.45, 2.75) is 126 Å². The number of aliphatic carboxylic acids is 1. The van der Waals surface area contributed by atoms with Crippen LogP contribution in [0.5, 0.6) is 0 Å². The lowest BCUT2D eigenvalue weighted by atomic mass is 9.71. The molecular weight excluding hydrogens is 392 g/mol. The van der Waals surface area contributed by atoms with Crippen molar-refractivity contribution in [3.63, 3.8) is 0 Å². The van der Waals surface area contributed by atoms with E-state index in [0.717, 1.165) is 19.3 Å². The Morgan fingerprint density at radius 3 is 1.81 bits per heavy atom. The van der Waals surface area contributed by atoms with Gasteiger partial charge in [-0.1, -0.05) is 61.8 Å². The zero-order chi connectivity index (χ0) is 24.8. The summed E-state index contributed by atoms with van der Waals surface area (Å²) < 4.78 is 0. The van der Waals surface area contributed by atoms with Crippen molar-refractivity contribution in [2.24, 2.45) is 16.2 Å². The molecule has 2 unspecified atom stereocenters. The molecule has 182 valence electrons. The molecule has 0 aromatic heterocycles. The first kappa shape index (κ1) is 29.6. The van der Waals surface area contributed by atoms with Gasteiger partial charge in [0.25, 0.3) is 0 Å². The Balaban J connectivity index is 5.25. The van der Waals surface area contributed by atoms with Crippen LogP contribution in [0.1, 0.15) is 108 Å². The van der Waals surface area contributed by atoms with Crippen molar-refractivity contribution in [3.05, 3.63) is 0 Å². The number of carboxylic acids is 1. The summed E-state index contributed by atoms with van der Waals surface area (Å²) >= 11 is 0. The fourth-order valence-corrected chi connectivity index (χ4v) is 4.46. The van der Waals surface area contributed by atoms with E-state index in [0.29, 0.717) is 12.8 Å². The minimum atomic E-state index is -0.824. The molecule has 3 N–H and O–H groups in total. The number of amides is 1. The van der Waals surface area contributed by atoms with Crippen molar-refractivity contribution in [1.29, 1.82) is 0 Å². The Bertz CT molecular complexity index is 637. The first-order valence-electron chi connectivity index (χ1n) is 11.6. The number of carboxylic acid groups (broad SMARTS) is 1. The summed E-state index contributed by atoms with van der Waals surface area (Å²) in [6.07, 6.45) is 3.40. The van der Waals surface area contributed by atoms with E-state index in [4.69, 9.17) is 0 Å². The molecule has 0 saturated carbocycles. The monoisotopic (exact) mass is 440 g/mol. The molecule has 0 fully saturated rings. The summed E-state index contributed by atoms with van der Waals surface area (Å²) in [7, 11) is 0. The lowest BCUT2D eigenvalue weighted by Crippen LogP contribution is -2.52. The number of hydrogen-bond acceptors (Lipinski definition) is 4. The molecule has 0 spiro atoms. The molecule has 6 nitrogen and oxygen atoms in total. The van der Waals surface area contributed by atoms with E-state index in [9.17, 15) is 19.5 Å². The maximum absolute atomic E-state index is 13.1. The summed E-state index contributed by atoms with van der Waals surface area (Å²) in [5.41, 5.74) is -1.79. The van der Waals surface area contributed by atoms with Gasteiger partial charge in [-0.2, -0.15) is 0 Å². The van der Waals surface area contributed by atoms with E-state index in [1.54, 1.807) is 6.92 Å². The summed E-state index contributed by atoms with van der Waals surface area (Å²) in [4.78, 5) is 36.7. The highest BCUT2D eigenvalue weighted by atomic mass is 16.4. The second-order valence-corrected chi connectivity index (χ2v) is 11.9. The normalized spacial score (nSPS) is 16.0. The van der Waals surface area contributed by atoms with Crippen LogP contribution in [0.15, 0.2) is 0 Å². The smallest absolute Gasteiger partial charge is 0.320 e. The van der Waals surface area contributed by atoms with Gasteiger partial charge in [0, 0.05) is 22.4 Å². The van der Waals surface area contributed by atoms with Crippen LogP contribution >= 0.6 is 0 Å². The van der Waals surface area contributed by atoms with Crippen LogP contribution < -0.4 is 10.6 Å². The summed E-state index contributed by atoms with van der Waals surface area (Å²) in [5.74, 6) is -0.807. The SMILES string of the molecule is CCC(C)(CCC(NC(C)C)C(=O)O)CC(C)(C)NC(=O)C(C)(C)CC(C)(C)C(C)=O. The third kappa shape index (κ3) is 10.2. The average Bonchev–Trinajstić information content (AvgIpc) is 2.56. The molecule has 0 aromatic rings. The fourth-order valence-electron chi connectivity index (χ4n) is 4.46. The second-order valence-electron chi connectivity index (χ2n) is 11.9. The summed E-state index contributed by atoms with van der Waals surface area (Å²) in [6, 6.07) is -0.470. The van der Waals surface area contributed by atoms with Crippen molar-refractivity contribution in [1.82, 2.24) is 10.6 Å². The fraction of sp³-hybridized carbons (Fsp3) is 0.880. The van der Waals surface area contributed by atoms with Crippen molar-refractivity contribution < 1.29 is 19.5 Å². The zero-order valence-electron chi connectivity index (χ0n) is 21.9. The van der Waals surface area contributed by atoms with Crippen LogP contribution in [0.25, 0.3) is 0 Å². The van der Waals surface area contributed by atoms with Crippen molar-refractivity contribution >= 4 is 17.7 Å². The Morgan fingerprint density at radius 1 is 0.903 bits per heavy atom. The van der Waals surface area contributed by atoms with Crippen molar-refractivity contribution in [2.75, 3.05) is 0 Å². The van der Waals surface area contributed by atoms with Gasteiger partial charge in [0.05, 0.1) is 0 Å². The molecule has 0 saturated heterocycles. The molecule has 6 heteroatoms. The van der Waals surface area contributed by atoms with E-state index < -0.39 is 28.4 Å². The minimum absolute atomic E-state index is 0.0600. The molecule has 0 aliphatic rings. The standard InChI is InChI=1S/C25H48N2O4/c1-12-25(11,14-13-19(20(29)30)26-17(2)3)16-24(9,10)27-21(31)23(7,8)15-22(5,6)18(4)28/h17,19,26H,12-16H2,1-11H3,(H,27,31)(H,29,30). The maximum atomic E-state index is 13.1. The zero-order valence-corrected chi connectivity index (χ0v) is 21.9. The van der Waals surface area contributed by atoms with E-state index in [1.807, 2.05) is 55.4 Å². The van der Waals surface area contributed by atoms with Gasteiger partial charge in [0.15, 0.2) is 0 Å². The highest BCUT2D eigenvalue weighted by Gasteiger charge is 2.40. The third-order valence-corrected chi connectivity index (χ3v) is 6.50. The number of carbonyl (C=O) groups excluding carboxylic acids is 2. The van der Waals surface area contributed by atoms with Gasteiger partial charge >= 0.3 is 5.97 Å². The van der Waals surface area contributed by atoms with Gasteiger partial charge in [0.1, 0.15) is 11.8 Å². The number of Topliss-reactive ketones (excluding diaryl/α,β-unsaturated/α-hetero) is 1. The van der Waals surface area contributed by atoms with Gasteiger partial charge in [-0.3, -0.25) is 14.4 Å². The molecule has 1 amide bonds. The van der Waals surface area contributed by atoms with Crippen molar-refractivity contribution in [3.8, 4) is 0 Å². The van der Waals surface area contributed by atoms with Gasteiger partial charge in [0.2, 0.25) is 5.91 Å². The number of nitrogens with one attached hydrogen (secondary N) is 2. The van der Waals surface area contributed by atoms with E-state index in [2.05, 4.69) is 24.5 Å². The van der Waals surface area contributed by atoms with Crippen LogP contribution in [0.3, 0.4) is 0 Å². The molecule has 0 aromatic carbocycles. The van der Waals surface area contributed by atoms with E-state index in [-0.39, 0.29) is 23.1 Å². The highest BCUT2D eigenvalue weighted by molar-refractivity contribution is 5.85. The van der Waals surface area contributed by atoms with Crippen LogP contribution in [0.4, 0.5) is 0 Å². The lowest BCUT2D eigenvalue weighted by molar-refractivity contribution is -0.140. The van der Waals surface area contributed by atoms with Gasteiger partial charge in [-0.25, -0.2) is 0 Å². The largest absolute Gasteiger partial charge is 0.480 e. The molecule has 0 radical (unpaired) electrons. The topological polar surface area (TPSA) is 95.5 Å². The Hall–Kier alpha value is -1.43. The van der Waals surface area contributed by atoms with E-state index >= 15 is 0 Å². The molecule has 0 rings (SSSR count). The third-order valence-electron chi connectivity index (χ3n) is 6.50. The first-order valence-corrected chi connectivity index (χ1v) is 11.6. The maximum Gasteiger partial charge on any atom is 0.320 e. The predicted octanol–water partition coefficient (Wildman–Crippen LogP) is 4.95. The first-order chi connectivity index (χ1) is 13.8. The Kier molecular flexibility index (Phi) is 10.4. The van der Waals surface area contributed by atoms with E-state index in [1.165, 1.54) is 0 Å². The second kappa shape index (κ2) is 10.9. The number of hydrogen-bond donors (Lipinski definition) is 3. The Morgan fingerprint density at radius 2 is 1.42 bits per heavy atom. The number of ketones is 1. The molecule has 0 bridgehead atoms. The number of rotatable bonds is 14. The predicted molar refractivity (Wildman–Crippen MR) is 127 cm³/mol. The minimum Gasteiger partial charge on any atom is -0.480 e. The van der Waals surface area contributed by atoms with Crippen LogP contribution in [0, 0.1) is 16.2 Å². The van der Waals surface area contributed by atoms with Gasteiger partial charge in [-0.05, 0) is 51.9 Å². The van der Waals surface area contributed by atoms with Crippen LogP contribution in [0.2, 0.25) is 0 Å². The summed E-state index contributed by atoms with van der Waals surface area (Å²) in [5, 5.41) is 15.9. The molecule has 0 aliphatic heterocycles. The molecular formula is C25H48N2O4. The Labute approximate surface area is 190 Å². The quantitative estimate of drug-likeness (QED) is 0.355. The molecule has 0 heterocycles. The number of carbonyl (C=O) groups is 3. The lowest BCUT2D eigenvalue weighted by Gasteiger charge is -2.41. The molecule has 2 atom stereocenters. The highest BCUT2D eigenvalue weighted by Crippen LogP contribution is 2.39. The molecule has 0 aliphatic carbocycles. The average molecular weight is 441 g/mol. The van der Waals surface area contributed by atoms with Crippen LogP contribution in [-0.2, 0) is 14.4 Å². The summed E-state index contributed by atoms with van der Waals surface area (Å²) in [6.45, 7) is 21.3. The van der Waals surface area contributed by atoms with Crippen LogP contribution in [-0.4, -0.2) is 40.4 Å².